The molecule has 0 amide bonds. The van der Waals surface area contributed by atoms with Crippen LogP contribution in [0.25, 0.3) is 0 Å². The lowest BCUT2D eigenvalue weighted by molar-refractivity contribution is 0.282. The normalized spacial score (nSPS) is 18.6. The lowest BCUT2D eigenvalue weighted by Crippen LogP contribution is -2.29. The monoisotopic (exact) mass is 207 g/mol. The lowest BCUT2D eigenvalue weighted by Gasteiger charge is -2.24. The Balaban J connectivity index is 2.80. The molecule has 0 unspecified atom stereocenters. The Morgan fingerprint density at radius 1 is 0.867 bits per heavy atom. The molecular formula is C14H25N. The highest BCUT2D eigenvalue weighted by Gasteiger charge is 2.25. The highest BCUT2D eigenvalue weighted by atomic mass is 15.1. The summed E-state index contributed by atoms with van der Waals surface area (Å²) >= 11 is 0. The zero-order chi connectivity index (χ0) is 11.6. The molecule has 15 heavy (non-hydrogen) atoms. The molecule has 1 rings (SSSR count). The first kappa shape index (κ1) is 12.5. The van der Waals surface area contributed by atoms with Crippen molar-refractivity contribution in [2.45, 2.75) is 41.5 Å². The van der Waals surface area contributed by atoms with Gasteiger partial charge in [0, 0.05) is 12.5 Å². The van der Waals surface area contributed by atoms with Gasteiger partial charge in [-0.15, -0.1) is 0 Å². The molecule has 1 heteroatoms. The third-order valence-electron chi connectivity index (χ3n) is 4.13. The maximum Gasteiger partial charge on any atom is 0.0141 e. The van der Waals surface area contributed by atoms with Crippen molar-refractivity contribution in [3.05, 3.63) is 22.3 Å². The highest BCUT2D eigenvalue weighted by molar-refractivity contribution is 5.46. The molecule has 0 N–H and O–H groups in total. The van der Waals surface area contributed by atoms with Crippen LogP contribution < -0.4 is 0 Å². The van der Waals surface area contributed by atoms with Gasteiger partial charge in [-0.05, 0) is 51.9 Å². The molecule has 0 radical (unpaired) electrons. The Kier molecular flexibility index (Phi) is 4.15. The second-order valence-electron chi connectivity index (χ2n) is 4.65. The van der Waals surface area contributed by atoms with Crippen molar-refractivity contribution < 1.29 is 0 Å². The summed E-state index contributed by atoms with van der Waals surface area (Å²) in [5.41, 5.74) is 6.20. The predicted molar refractivity (Wildman–Crippen MR) is 68.0 cm³/mol. The van der Waals surface area contributed by atoms with Crippen molar-refractivity contribution in [3.8, 4) is 0 Å². The number of nitrogens with zero attached hydrogens (tertiary/aromatic N) is 1. The highest BCUT2D eigenvalue weighted by Crippen LogP contribution is 2.36. The molecular weight excluding hydrogens is 182 g/mol. The molecule has 0 aromatic rings. The van der Waals surface area contributed by atoms with Gasteiger partial charge in [0.2, 0.25) is 0 Å². The fourth-order valence-electron chi connectivity index (χ4n) is 2.45. The van der Waals surface area contributed by atoms with E-state index in [4.69, 9.17) is 0 Å². The number of hydrogen-bond donors (Lipinski definition) is 0. The molecule has 0 aliphatic heterocycles. The molecule has 0 aromatic carbocycles. The fraction of sp³-hybridized carbons (Fsp3) is 0.714. The SMILES string of the molecule is CCN(CC)CC1C(C)=C(C)C(C)=C1C. The number of rotatable bonds is 4. The van der Waals surface area contributed by atoms with Crippen LogP contribution in [0.3, 0.4) is 0 Å². The second kappa shape index (κ2) is 4.98. The maximum absolute atomic E-state index is 2.52. The van der Waals surface area contributed by atoms with Gasteiger partial charge in [-0.3, -0.25) is 0 Å². The van der Waals surface area contributed by atoms with Crippen LogP contribution in [0.4, 0.5) is 0 Å². The fourth-order valence-corrected chi connectivity index (χ4v) is 2.45. The first-order valence-corrected chi connectivity index (χ1v) is 6.10. The summed E-state index contributed by atoms with van der Waals surface area (Å²) in [4.78, 5) is 2.52. The van der Waals surface area contributed by atoms with Crippen LogP contribution in [0.5, 0.6) is 0 Å². The van der Waals surface area contributed by atoms with Gasteiger partial charge in [0.1, 0.15) is 0 Å². The Morgan fingerprint density at radius 3 is 1.60 bits per heavy atom. The lowest BCUT2D eigenvalue weighted by atomic mass is 9.96. The van der Waals surface area contributed by atoms with Crippen LogP contribution in [0.1, 0.15) is 41.5 Å². The van der Waals surface area contributed by atoms with Gasteiger partial charge in [-0.25, -0.2) is 0 Å². The van der Waals surface area contributed by atoms with E-state index in [2.05, 4.69) is 46.4 Å². The minimum atomic E-state index is 0.671. The third kappa shape index (κ3) is 2.34. The standard InChI is InChI=1S/C14H25N/c1-7-15(8-2)9-14-12(5)10(3)11(4)13(14)6/h14H,7-9H2,1-6H3. The van der Waals surface area contributed by atoms with Gasteiger partial charge in [-0.2, -0.15) is 0 Å². The molecule has 1 aliphatic rings. The van der Waals surface area contributed by atoms with E-state index < -0.39 is 0 Å². The molecule has 0 saturated carbocycles. The Hall–Kier alpha value is -0.560. The topological polar surface area (TPSA) is 3.24 Å². The van der Waals surface area contributed by atoms with Crippen molar-refractivity contribution in [1.82, 2.24) is 4.90 Å². The van der Waals surface area contributed by atoms with Crippen LogP contribution in [0.2, 0.25) is 0 Å². The second-order valence-corrected chi connectivity index (χ2v) is 4.65. The quantitative estimate of drug-likeness (QED) is 0.680. The minimum Gasteiger partial charge on any atom is -0.303 e. The van der Waals surface area contributed by atoms with Crippen molar-refractivity contribution in [2.75, 3.05) is 19.6 Å². The van der Waals surface area contributed by atoms with Crippen LogP contribution in [-0.4, -0.2) is 24.5 Å². The van der Waals surface area contributed by atoms with Crippen molar-refractivity contribution in [1.29, 1.82) is 0 Å². The van der Waals surface area contributed by atoms with Crippen molar-refractivity contribution in [2.24, 2.45) is 5.92 Å². The molecule has 0 spiro atoms. The molecule has 86 valence electrons. The summed E-state index contributed by atoms with van der Waals surface area (Å²) in [7, 11) is 0. The Bertz CT molecular complexity index is 268. The summed E-state index contributed by atoms with van der Waals surface area (Å²) < 4.78 is 0. The van der Waals surface area contributed by atoms with E-state index in [-0.39, 0.29) is 0 Å². The van der Waals surface area contributed by atoms with E-state index in [1.807, 2.05) is 0 Å². The van der Waals surface area contributed by atoms with E-state index in [1.54, 1.807) is 11.1 Å². The smallest absolute Gasteiger partial charge is 0.0141 e. The van der Waals surface area contributed by atoms with Gasteiger partial charge in [-0.1, -0.05) is 25.0 Å². The minimum absolute atomic E-state index is 0.671. The molecule has 0 heterocycles. The van der Waals surface area contributed by atoms with Crippen molar-refractivity contribution >= 4 is 0 Å². The zero-order valence-corrected chi connectivity index (χ0v) is 11.1. The molecule has 0 saturated heterocycles. The zero-order valence-electron chi connectivity index (χ0n) is 11.1. The third-order valence-corrected chi connectivity index (χ3v) is 4.13. The van der Waals surface area contributed by atoms with Crippen LogP contribution in [0.15, 0.2) is 22.3 Å². The predicted octanol–water partition coefficient (Wildman–Crippen LogP) is 3.63. The Morgan fingerprint density at radius 2 is 1.27 bits per heavy atom. The summed E-state index contributed by atoms with van der Waals surface area (Å²) in [6, 6.07) is 0. The van der Waals surface area contributed by atoms with E-state index >= 15 is 0 Å². The summed E-state index contributed by atoms with van der Waals surface area (Å²) in [6.45, 7) is 17.1. The largest absolute Gasteiger partial charge is 0.303 e. The summed E-state index contributed by atoms with van der Waals surface area (Å²) in [5.74, 6) is 0.671. The molecule has 1 aliphatic carbocycles. The van der Waals surface area contributed by atoms with E-state index in [1.165, 1.54) is 17.7 Å². The van der Waals surface area contributed by atoms with Gasteiger partial charge in [0.25, 0.3) is 0 Å². The van der Waals surface area contributed by atoms with Crippen LogP contribution >= 0.6 is 0 Å². The number of hydrogen-bond acceptors (Lipinski definition) is 1. The van der Waals surface area contributed by atoms with E-state index in [0.29, 0.717) is 5.92 Å². The summed E-state index contributed by atoms with van der Waals surface area (Å²) in [5, 5.41) is 0. The van der Waals surface area contributed by atoms with Crippen LogP contribution in [0, 0.1) is 5.92 Å². The van der Waals surface area contributed by atoms with Gasteiger partial charge >= 0.3 is 0 Å². The van der Waals surface area contributed by atoms with E-state index in [0.717, 1.165) is 13.1 Å². The van der Waals surface area contributed by atoms with E-state index in [9.17, 15) is 0 Å². The molecule has 0 fully saturated rings. The molecule has 0 aromatic heterocycles. The maximum atomic E-state index is 2.52. The van der Waals surface area contributed by atoms with Gasteiger partial charge in [0.05, 0.1) is 0 Å². The van der Waals surface area contributed by atoms with Crippen molar-refractivity contribution in [3.63, 3.8) is 0 Å². The van der Waals surface area contributed by atoms with Crippen LogP contribution in [-0.2, 0) is 0 Å². The molecule has 0 bridgehead atoms. The van der Waals surface area contributed by atoms with Gasteiger partial charge in [0.15, 0.2) is 0 Å². The average molecular weight is 207 g/mol. The average Bonchev–Trinajstić information content (AvgIpc) is 2.42. The van der Waals surface area contributed by atoms with Gasteiger partial charge < -0.3 is 4.90 Å². The number of allylic oxidation sites excluding steroid dienone is 2. The molecule has 1 nitrogen and oxygen atoms in total. The Labute approximate surface area is 94.9 Å². The molecule has 0 atom stereocenters. The first-order valence-electron chi connectivity index (χ1n) is 6.10. The summed E-state index contributed by atoms with van der Waals surface area (Å²) in [6.07, 6.45) is 0. The first-order chi connectivity index (χ1) is 7.02.